The maximum Gasteiger partial charge on any atom is 0.323 e. The lowest BCUT2D eigenvalue weighted by atomic mass is 10.0. The van der Waals surface area contributed by atoms with E-state index in [-0.39, 0.29) is 12.0 Å². The van der Waals surface area contributed by atoms with Gasteiger partial charge in [-0.3, -0.25) is 14.7 Å². The molecule has 98 valence electrons. The lowest BCUT2D eigenvalue weighted by molar-refractivity contribution is -0.151. The van der Waals surface area contributed by atoms with Crippen molar-refractivity contribution in [3.05, 3.63) is 30.1 Å². The van der Waals surface area contributed by atoms with Crippen molar-refractivity contribution in [2.24, 2.45) is 0 Å². The van der Waals surface area contributed by atoms with Gasteiger partial charge in [0.15, 0.2) is 0 Å². The molecule has 1 saturated heterocycles. The molecule has 4 heteroatoms. The van der Waals surface area contributed by atoms with E-state index in [9.17, 15) is 4.79 Å². The standard InChI is InChI=1S/C14H20N2O2/c1-2-18-14(17)13-7-3-4-9-16(13)11-12-6-5-8-15-10-12/h5-6,8,10,13H,2-4,7,9,11H2,1H3. The summed E-state index contributed by atoms with van der Waals surface area (Å²) in [5.41, 5.74) is 1.15. The first-order chi connectivity index (χ1) is 8.81. The highest BCUT2D eigenvalue weighted by molar-refractivity contribution is 5.75. The van der Waals surface area contributed by atoms with Gasteiger partial charge in [-0.25, -0.2) is 0 Å². The summed E-state index contributed by atoms with van der Waals surface area (Å²) in [6, 6.07) is 3.89. The third-order valence-corrected chi connectivity index (χ3v) is 3.28. The molecule has 1 fully saturated rings. The number of rotatable bonds is 4. The quantitative estimate of drug-likeness (QED) is 0.764. The Morgan fingerprint density at radius 2 is 2.44 bits per heavy atom. The number of hydrogen-bond donors (Lipinski definition) is 0. The van der Waals surface area contributed by atoms with Gasteiger partial charge in [0.05, 0.1) is 6.61 Å². The molecule has 0 aromatic carbocycles. The predicted octanol–water partition coefficient (Wildman–Crippen LogP) is 2.00. The topological polar surface area (TPSA) is 42.4 Å². The number of nitrogens with zero attached hydrogens (tertiary/aromatic N) is 2. The molecule has 18 heavy (non-hydrogen) atoms. The summed E-state index contributed by atoms with van der Waals surface area (Å²) in [6.07, 6.45) is 6.78. The van der Waals surface area contributed by atoms with E-state index >= 15 is 0 Å². The minimum atomic E-state index is -0.0843. The highest BCUT2D eigenvalue weighted by Crippen LogP contribution is 2.20. The molecule has 1 aromatic rings. The Labute approximate surface area is 108 Å². The minimum Gasteiger partial charge on any atom is -0.465 e. The number of esters is 1. The molecular weight excluding hydrogens is 228 g/mol. The van der Waals surface area contributed by atoms with Crippen molar-refractivity contribution in [1.82, 2.24) is 9.88 Å². The number of aromatic nitrogens is 1. The molecule has 1 aliphatic rings. The molecule has 0 spiro atoms. The normalized spacial score (nSPS) is 20.6. The van der Waals surface area contributed by atoms with Crippen LogP contribution in [0.4, 0.5) is 0 Å². The molecule has 2 heterocycles. The third kappa shape index (κ3) is 3.29. The average Bonchev–Trinajstić information content (AvgIpc) is 2.41. The maximum atomic E-state index is 11.9. The van der Waals surface area contributed by atoms with Crippen LogP contribution >= 0.6 is 0 Å². The zero-order chi connectivity index (χ0) is 12.8. The molecule has 0 bridgehead atoms. The molecule has 1 unspecified atom stereocenters. The van der Waals surface area contributed by atoms with E-state index in [2.05, 4.69) is 9.88 Å². The number of ether oxygens (including phenoxy) is 1. The van der Waals surface area contributed by atoms with E-state index in [1.54, 1.807) is 6.20 Å². The van der Waals surface area contributed by atoms with Crippen LogP contribution in [0.25, 0.3) is 0 Å². The molecular formula is C14H20N2O2. The predicted molar refractivity (Wildman–Crippen MR) is 68.9 cm³/mol. The first-order valence-electron chi connectivity index (χ1n) is 6.61. The van der Waals surface area contributed by atoms with Crippen LogP contribution in [-0.2, 0) is 16.1 Å². The largest absolute Gasteiger partial charge is 0.465 e. The molecule has 0 radical (unpaired) electrons. The van der Waals surface area contributed by atoms with Crippen LogP contribution in [0.1, 0.15) is 31.7 Å². The van der Waals surface area contributed by atoms with E-state index in [1.807, 2.05) is 25.3 Å². The maximum absolute atomic E-state index is 11.9. The van der Waals surface area contributed by atoms with Gasteiger partial charge in [0.25, 0.3) is 0 Å². The summed E-state index contributed by atoms with van der Waals surface area (Å²) in [5, 5.41) is 0. The van der Waals surface area contributed by atoms with Crippen molar-refractivity contribution in [2.75, 3.05) is 13.2 Å². The zero-order valence-electron chi connectivity index (χ0n) is 10.8. The van der Waals surface area contributed by atoms with Crippen LogP contribution in [0.3, 0.4) is 0 Å². The minimum absolute atomic E-state index is 0.0823. The SMILES string of the molecule is CCOC(=O)C1CCCCN1Cc1cccnc1. The van der Waals surface area contributed by atoms with E-state index in [1.165, 1.54) is 0 Å². The molecule has 1 atom stereocenters. The molecule has 0 saturated carbocycles. The van der Waals surface area contributed by atoms with Gasteiger partial charge in [0.2, 0.25) is 0 Å². The number of pyridine rings is 1. The summed E-state index contributed by atoms with van der Waals surface area (Å²) in [6.45, 7) is 4.04. The second-order valence-corrected chi connectivity index (χ2v) is 4.60. The molecule has 2 rings (SSSR count). The number of piperidine rings is 1. The second-order valence-electron chi connectivity index (χ2n) is 4.60. The van der Waals surface area contributed by atoms with Gasteiger partial charge in [-0.1, -0.05) is 12.5 Å². The van der Waals surface area contributed by atoms with E-state index in [4.69, 9.17) is 4.74 Å². The Balaban J connectivity index is 2.01. The molecule has 1 aromatic heterocycles. The van der Waals surface area contributed by atoms with Crippen molar-refractivity contribution in [3.8, 4) is 0 Å². The number of likely N-dealkylation sites (tertiary alicyclic amines) is 1. The molecule has 0 aliphatic carbocycles. The van der Waals surface area contributed by atoms with Crippen molar-refractivity contribution in [2.45, 2.75) is 38.8 Å². The number of carbonyl (C=O) groups is 1. The molecule has 1 aliphatic heterocycles. The molecule has 0 amide bonds. The summed E-state index contributed by atoms with van der Waals surface area (Å²) >= 11 is 0. The van der Waals surface area contributed by atoms with Crippen LogP contribution in [-0.4, -0.2) is 35.0 Å². The summed E-state index contributed by atoms with van der Waals surface area (Å²) in [4.78, 5) is 18.2. The van der Waals surface area contributed by atoms with Gasteiger partial charge in [0.1, 0.15) is 6.04 Å². The lowest BCUT2D eigenvalue weighted by Gasteiger charge is -2.33. The van der Waals surface area contributed by atoms with Crippen LogP contribution in [0.15, 0.2) is 24.5 Å². The van der Waals surface area contributed by atoms with Gasteiger partial charge in [0, 0.05) is 18.9 Å². The Bertz CT molecular complexity index is 381. The molecule has 4 nitrogen and oxygen atoms in total. The fraction of sp³-hybridized carbons (Fsp3) is 0.571. The van der Waals surface area contributed by atoms with Gasteiger partial charge in [-0.05, 0) is 37.9 Å². The van der Waals surface area contributed by atoms with Gasteiger partial charge in [-0.15, -0.1) is 0 Å². The highest BCUT2D eigenvalue weighted by atomic mass is 16.5. The van der Waals surface area contributed by atoms with Gasteiger partial charge < -0.3 is 4.74 Å². The number of carbonyl (C=O) groups excluding carboxylic acids is 1. The van der Waals surface area contributed by atoms with E-state index < -0.39 is 0 Å². The van der Waals surface area contributed by atoms with Crippen molar-refractivity contribution in [1.29, 1.82) is 0 Å². The first kappa shape index (κ1) is 13.0. The fourth-order valence-corrected chi connectivity index (χ4v) is 2.41. The van der Waals surface area contributed by atoms with Crippen LogP contribution in [0.2, 0.25) is 0 Å². The summed E-state index contributed by atoms with van der Waals surface area (Å²) in [7, 11) is 0. The Kier molecular flexibility index (Phi) is 4.70. The van der Waals surface area contributed by atoms with E-state index in [0.717, 1.165) is 37.9 Å². The smallest absolute Gasteiger partial charge is 0.323 e. The Hall–Kier alpha value is -1.42. The fourth-order valence-electron chi connectivity index (χ4n) is 2.41. The average molecular weight is 248 g/mol. The zero-order valence-corrected chi connectivity index (χ0v) is 10.8. The van der Waals surface area contributed by atoms with Crippen LogP contribution in [0, 0.1) is 0 Å². The van der Waals surface area contributed by atoms with Crippen molar-refractivity contribution >= 4 is 5.97 Å². The van der Waals surface area contributed by atoms with Crippen molar-refractivity contribution < 1.29 is 9.53 Å². The van der Waals surface area contributed by atoms with Crippen LogP contribution in [0.5, 0.6) is 0 Å². The van der Waals surface area contributed by atoms with Crippen molar-refractivity contribution in [3.63, 3.8) is 0 Å². The second kappa shape index (κ2) is 6.50. The number of hydrogen-bond acceptors (Lipinski definition) is 4. The monoisotopic (exact) mass is 248 g/mol. The van der Waals surface area contributed by atoms with Crippen LogP contribution < -0.4 is 0 Å². The highest BCUT2D eigenvalue weighted by Gasteiger charge is 2.29. The summed E-state index contributed by atoms with van der Waals surface area (Å²) < 4.78 is 5.15. The van der Waals surface area contributed by atoms with Gasteiger partial charge >= 0.3 is 5.97 Å². The molecule has 0 N–H and O–H groups in total. The van der Waals surface area contributed by atoms with E-state index in [0.29, 0.717) is 6.61 Å². The lowest BCUT2D eigenvalue weighted by Crippen LogP contribution is -2.44. The third-order valence-electron chi connectivity index (χ3n) is 3.28. The first-order valence-corrected chi connectivity index (χ1v) is 6.61. The van der Waals surface area contributed by atoms with Gasteiger partial charge in [-0.2, -0.15) is 0 Å². The Morgan fingerprint density at radius 1 is 1.56 bits per heavy atom. The summed E-state index contributed by atoms with van der Waals surface area (Å²) in [5.74, 6) is -0.0823. The Morgan fingerprint density at radius 3 is 3.17 bits per heavy atom.